The molecule has 1 aromatic rings. The molecule has 0 radical (unpaired) electrons. The Hall–Kier alpha value is -0.910. The van der Waals surface area contributed by atoms with Crippen molar-refractivity contribution in [2.75, 3.05) is 19.7 Å². The van der Waals surface area contributed by atoms with Gasteiger partial charge in [-0.1, -0.05) is 6.07 Å². The van der Waals surface area contributed by atoms with Gasteiger partial charge < -0.3 is 10.4 Å². The van der Waals surface area contributed by atoms with Crippen molar-refractivity contribution in [2.45, 2.75) is 31.8 Å². The lowest BCUT2D eigenvalue weighted by Crippen LogP contribution is -2.41. The summed E-state index contributed by atoms with van der Waals surface area (Å²) < 4.78 is 0. The Balaban J connectivity index is 1.81. The van der Waals surface area contributed by atoms with Crippen LogP contribution < -0.4 is 5.32 Å². The van der Waals surface area contributed by atoms with Gasteiger partial charge in [-0.25, -0.2) is 0 Å². The predicted octanol–water partition coefficient (Wildman–Crippen LogP) is 1.38. The molecule has 1 aliphatic rings. The standard InChI is InChI=1S/C13H20N2O2S/c1-10(12-5-3-7-18-12)14-13(17)8-15-6-2-4-11(15)9-16/h3,5,7,10-11,16H,2,4,6,8-9H2,1H3,(H,14,17)/t10?,11-/m0/s1. The molecule has 5 heteroatoms. The number of hydrogen-bond acceptors (Lipinski definition) is 4. The number of nitrogens with one attached hydrogen (secondary N) is 1. The van der Waals surface area contributed by atoms with Gasteiger partial charge in [0.2, 0.25) is 5.91 Å². The zero-order chi connectivity index (χ0) is 13.0. The van der Waals surface area contributed by atoms with E-state index in [0.29, 0.717) is 6.54 Å². The number of aliphatic hydroxyl groups is 1. The Morgan fingerprint density at radius 3 is 3.22 bits per heavy atom. The number of carbonyl (C=O) groups is 1. The van der Waals surface area contributed by atoms with Crippen molar-refractivity contribution in [2.24, 2.45) is 0 Å². The third-order valence-corrected chi connectivity index (χ3v) is 4.46. The molecule has 0 spiro atoms. The maximum atomic E-state index is 11.9. The maximum Gasteiger partial charge on any atom is 0.234 e. The largest absolute Gasteiger partial charge is 0.395 e. The van der Waals surface area contributed by atoms with Gasteiger partial charge in [-0.3, -0.25) is 9.69 Å². The first kappa shape index (κ1) is 13.5. The number of aliphatic hydroxyl groups excluding tert-OH is 1. The highest BCUT2D eigenvalue weighted by molar-refractivity contribution is 7.10. The number of hydrogen-bond donors (Lipinski definition) is 2. The fourth-order valence-electron chi connectivity index (χ4n) is 2.39. The second kappa shape index (κ2) is 6.31. The molecule has 18 heavy (non-hydrogen) atoms. The summed E-state index contributed by atoms with van der Waals surface area (Å²) >= 11 is 1.65. The van der Waals surface area contributed by atoms with Crippen molar-refractivity contribution in [3.05, 3.63) is 22.4 Å². The molecule has 1 saturated heterocycles. The molecule has 2 rings (SSSR count). The maximum absolute atomic E-state index is 11.9. The van der Waals surface area contributed by atoms with Crippen molar-refractivity contribution in [1.29, 1.82) is 0 Å². The van der Waals surface area contributed by atoms with Crippen LogP contribution in [0, 0.1) is 0 Å². The van der Waals surface area contributed by atoms with Gasteiger partial charge in [0, 0.05) is 10.9 Å². The summed E-state index contributed by atoms with van der Waals surface area (Å²) in [7, 11) is 0. The van der Waals surface area contributed by atoms with E-state index in [1.54, 1.807) is 11.3 Å². The van der Waals surface area contributed by atoms with E-state index in [1.807, 2.05) is 24.4 Å². The van der Waals surface area contributed by atoms with Crippen LogP contribution in [0.2, 0.25) is 0 Å². The van der Waals surface area contributed by atoms with Gasteiger partial charge in [0.05, 0.1) is 19.2 Å². The summed E-state index contributed by atoms with van der Waals surface area (Å²) in [5, 5.41) is 14.2. The SMILES string of the molecule is CC(NC(=O)CN1CCC[C@H]1CO)c1cccs1. The van der Waals surface area contributed by atoms with E-state index in [-0.39, 0.29) is 24.6 Å². The van der Waals surface area contributed by atoms with E-state index in [4.69, 9.17) is 0 Å². The van der Waals surface area contributed by atoms with Crippen molar-refractivity contribution >= 4 is 17.2 Å². The van der Waals surface area contributed by atoms with E-state index in [9.17, 15) is 9.90 Å². The Morgan fingerprint density at radius 1 is 1.72 bits per heavy atom. The van der Waals surface area contributed by atoms with Gasteiger partial charge >= 0.3 is 0 Å². The molecule has 2 N–H and O–H groups in total. The van der Waals surface area contributed by atoms with Crippen LogP contribution in [0.3, 0.4) is 0 Å². The molecule has 1 unspecified atom stereocenters. The first-order chi connectivity index (χ1) is 8.70. The first-order valence-electron chi connectivity index (χ1n) is 6.38. The van der Waals surface area contributed by atoms with Crippen LogP contribution in [-0.4, -0.2) is 41.7 Å². The van der Waals surface area contributed by atoms with Crippen LogP contribution >= 0.6 is 11.3 Å². The van der Waals surface area contributed by atoms with Crippen molar-refractivity contribution in [3.63, 3.8) is 0 Å². The van der Waals surface area contributed by atoms with Crippen molar-refractivity contribution < 1.29 is 9.90 Å². The highest BCUT2D eigenvalue weighted by Crippen LogP contribution is 2.19. The lowest BCUT2D eigenvalue weighted by molar-refractivity contribution is -0.123. The monoisotopic (exact) mass is 268 g/mol. The normalized spacial score (nSPS) is 22.0. The summed E-state index contributed by atoms with van der Waals surface area (Å²) in [6.45, 7) is 3.44. The summed E-state index contributed by atoms with van der Waals surface area (Å²) in [4.78, 5) is 15.2. The predicted molar refractivity (Wildman–Crippen MR) is 72.6 cm³/mol. The number of rotatable bonds is 5. The van der Waals surface area contributed by atoms with Gasteiger partial charge in [0.15, 0.2) is 0 Å². The Bertz CT molecular complexity index is 380. The Kier molecular flexibility index (Phi) is 4.74. The van der Waals surface area contributed by atoms with Gasteiger partial charge in [-0.05, 0) is 37.8 Å². The van der Waals surface area contributed by atoms with Crippen molar-refractivity contribution in [1.82, 2.24) is 10.2 Å². The zero-order valence-electron chi connectivity index (χ0n) is 10.6. The van der Waals surface area contributed by atoms with Crippen LogP contribution in [0.25, 0.3) is 0 Å². The fraction of sp³-hybridized carbons (Fsp3) is 0.615. The van der Waals surface area contributed by atoms with E-state index in [0.717, 1.165) is 19.4 Å². The molecule has 4 nitrogen and oxygen atoms in total. The van der Waals surface area contributed by atoms with Gasteiger partial charge in [0.25, 0.3) is 0 Å². The highest BCUT2D eigenvalue weighted by Gasteiger charge is 2.25. The van der Waals surface area contributed by atoms with E-state index < -0.39 is 0 Å². The summed E-state index contributed by atoms with van der Waals surface area (Å²) in [5.74, 6) is 0.0382. The van der Waals surface area contributed by atoms with Crippen LogP contribution in [-0.2, 0) is 4.79 Å². The van der Waals surface area contributed by atoms with E-state index in [2.05, 4.69) is 10.2 Å². The van der Waals surface area contributed by atoms with Crippen LogP contribution in [0.1, 0.15) is 30.7 Å². The minimum absolute atomic E-state index is 0.0382. The highest BCUT2D eigenvalue weighted by atomic mass is 32.1. The lowest BCUT2D eigenvalue weighted by atomic mass is 10.2. The zero-order valence-corrected chi connectivity index (χ0v) is 11.4. The molecular weight excluding hydrogens is 248 g/mol. The van der Waals surface area contributed by atoms with E-state index >= 15 is 0 Å². The summed E-state index contributed by atoms with van der Waals surface area (Å²) in [5.41, 5.74) is 0. The molecule has 1 fully saturated rings. The van der Waals surface area contributed by atoms with Crippen LogP contribution in [0.4, 0.5) is 0 Å². The van der Waals surface area contributed by atoms with E-state index in [1.165, 1.54) is 4.88 Å². The fourth-order valence-corrected chi connectivity index (χ4v) is 3.12. The van der Waals surface area contributed by atoms with Crippen LogP contribution in [0.15, 0.2) is 17.5 Å². The Morgan fingerprint density at radius 2 is 2.56 bits per heavy atom. The second-order valence-corrected chi connectivity index (χ2v) is 5.73. The lowest BCUT2D eigenvalue weighted by Gasteiger charge is -2.23. The molecule has 1 aliphatic heterocycles. The third kappa shape index (κ3) is 3.31. The molecule has 0 aromatic carbocycles. The number of amides is 1. The molecule has 100 valence electrons. The average molecular weight is 268 g/mol. The summed E-state index contributed by atoms with van der Waals surface area (Å²) in [6, 6.07) is 4.24. The molecule has 1 aromatic heterocycles. The van der Waals surface area contributed by atoms with Gasteiger partial charge in [0.1, 0.15) is 0 Å². The molecule has 0 aliphatic carbocycles. The molecule has 0 bridgehead atoms. The molecule has 0 saturated carbocycles. The van der Waals surface area contributed by atoms with Gasteiger partial charge in [-0.15, -0.1) is 11.3 Å². The topological polar surface area (TPSA) is 52.6 Å². The summed E-state index contributed by atoms with van der Waals surface area (Å²) in [6.07, 6.45) is 2.06. The third-order valence-electron chi connectivity index (χ3n) is 3.40. The first-order valence-corrected chi connectivity index (χ1v) is 7.26. The minimum atomic E-state index is 0.0382. The smallest absolute Gasteiger partial charge is 0.234 e. The molecule has 2 atom stereocenters. The number of likely N-dealkylation sites (tertiary alicyclic amines) is 1. The number of thiophene rings is 1. The molecule has 1 amide bonds. The molecular formula is C13H20N2O2S. The quantitative estimate of drug-likeness (QED) is 0.848. The van der Waals surface area contributed by atoms with Crippen LogP contribution in [0.5, 0.6) is 0 Å². The average Bonchev–Trinajstić information content (AvgIpc) is 2.98. The van der Waals surface area contributed by atoms with Gasteiger partial charge in [-0.2, -0.15) is 0 Å². The second-order valence-electron chi connectivity index (χ2n) is 4.75. The number of carbonyl (C=O) groups excluding carboxylic acids is 1. The minimum Gasteiger partial charge on any atom is -0.395 e. The Labute approximate surface area is 112 Å². The van der Waals surface area contributed by atoms with Crippen molar-refractivity contribution in [3.8, 4) is 0 Å². The number of nitrogens with zero attached hydrogens (tertiary/aromatic N) is 1. The molecule has 2 heterocycles.